The average molecular weight is 157 g/mol. The summed E-state index contributed by atoms with van der Waals surface area (Å²) in [6.45, 7) is 2.03. The molecule has 1 aliphatic heterocycles. The first-order valence-electron chi connectivity index (χ1n) is 4.12. The van der Waals surface area contributed by atoms with Crippen LogP contribution in [0.5, 0.6) is 0 Å². The van der Waals surface area contributed by atoms with Gasteiger partial charge in [0.1, 0.15) is 0 Å². The number of nitrogens with zero attached hydrogens (tertiary/aromatic N) is 1. The molecular formula is C7H15NOSi. The molecule has 0 N–H and O–H groups in total. The van der Waals surface area contributed by atoms with Gasteiger partial charge in [0.15, 0.2) is 0 Å². The zero-order valence-electron chi connectivity index (χ0n) is 6.60. The van der Waals surface area contributed by atoms with Crippen molar-refractivity contribution in [1.82, 2.24) is 4.90 Å². The Morgan fingerprint density at radius 2 is 1.90 bits per heavy atom. The zero-order valence-corrected chi connectivity index (χ0v) is 8.60. The predicted molar refractivity (Wildman–Crippen MR) is 45.2 cm³/mol. The summed E-state index contributed by atoms with van der Waals surface area (Å²) < 4.78 is 0. The van der Waals surface area contributed by atoms with E-state index in [1.807, 2.05) is 4.90 Å². The molecule has 0 saturated carbocycles. The van der Waals surface area contributed by atoms with Crippen molar-refractivity contribution in [3.05, 3.63) is 0 Å². The lowest BCUT2D eigenvalue weighted by molar-refractivity contribution is -0.129. The maximum Gasteiger partial charge on any atom is 0.218 e. The molecule has 0 aromatic heterocycles. The Morgan fingerprint density at radius 3 is 2.40 bits per heavy atom. The van der Waals surface area contributed by atoms with Gasteiger partial charge in [-0.15, -0.1) is 0 Å². The van der Waals surface area contributed by atoms with Crippen molar-refractivity contribution < 1.29 is 4.79 Å². The summed E-state index contributed by atoms with van der Waals surface area (Å²) in [6, 6.07) is 0.806. The molecule has 1 amide bonds. The van der Waals surface area contributed by atoms with E-state index in [4.69, 9.17) is 0 Å². The molecule has 1 rings (SSSR count). The minimum atomic E-state index is 0.381. The summed E-state index contributed by atoms with van der Waals surface area (Å²) in [6.07, 6.45) is 3.74. The highest BCUT2D eigenvalue weighted by Gasteiger charge is 2.13. The molecule has 58 valence electrons. The third-order valence-electron chi connectivity index (χ3n) is 2.01. The Morgan fingerprint density at radius 1 is 1.30 bits per heavy atom. The second kappa shape index (κ2) is 3.76. The Bertz CT molecular complexity index is 121. The average Bonchev–Trinajstić information content (AvgIpc) is 2.05. The quantitative estimate of drug-likeness (QED) is 0.482. The van der Waals surface area contributed by atoms with E-state index in [0.29, 0.717) is 5.91 Å². The van der Waals surface area contributed by atoms with E-state index in [2.05, 4.69) is 0 Å². The maximum atomic E-state index is 11.1. The summed E-state index contributed by atoms with van der Waals surface area (Å²) in [5, 5.41) is 0. The first-order chi connectivity index (χ1) is 4.84. The van der Waals surface area contributed by atoms with Gasteiger partial charge in [-0.2, -0.15) is 0 Å². The topological polar surface area (TPSA) is 20.3 Å². The summed E-state index contributed by atoms with van der Waals surface area (Å²) in [7, 11) is 1.02. The third kappa shape index (κ3) is 1.83. The summed E-state index contributed by atoms with van der Waals surface area (Å²) in [4.78, 5) is 13.1. The molecule has 0 aromatic rings. The molecule has 0 spiro atoms. The van der Waals surface area contributed by atoms with Crippen LogP contribution in [-0.2, 0) is 4.79 Å². The first kappa shape index (κ1) is 7.79. The Hall–Kier alpha value is -0.313. The van der Waals surface area contributed by atoms with E-state index >= 15 is 0 Å². The standard InChI is InChI=1S/C7H15NOSi/c9-7(6-10)8-4-2-1-3-5-8/h1-6H2,10H3. The lowest BCUT2D eigenvalue weighted by Crippen LogP contribution is -2.35. The molecule has 0 aliphatic carbocycles. The number of carbonyl (C=O) groups is 1. The molecule has 0 atom stereocenters. The molecule has 0 unspecified atom stereocenters. The van der Waals surface area contributed by atoms with E-state index in [0.717, 1.165) is 29.4 Å². The van der Waals surface area contributed by atoms with E-state index in [-0.39, 0.29) is 0 Å². The Labute approximate surface area is 65.0 Å². The van der Waals surface area contributed by atoms with Crippen molar-refractivity contribution in [2.45, 2.75) is 25.3 Å². The normalized spacial score (nSPS) is 19.4. The number of rotatable bonds is 1. The van der Waals surface area contributed by atoms with Gasteiger partial charge in [0.2, 0.25) is 5.91 Å². The van der Waals surface area contributed by atoms with E-state index < -0.39 is 0 Å². The third-order valence-corrected chi connectivity index (χ3v) is 2.62. The van der Waals surface area contributed by atoms with Crippen LogP contribution in [-0.4, -0.2) is 34.1 Å². The number of hydrogen-bond donors (Lipinski definition) is 0. The van der Waals surface area contributed by atoms with Crippen molar-refractivity contribution in [2.24, 2.45) is 0 Å². The predicted octanol–water partition coefficient (Wildman–Crippen LogP) is -0.217. The van der Waals surface area contributed by atoms with Crippen LogP contribution in [0.25, 0.3) is 0 Å². The molecule has 0 aromatic carbocycles. The van der Waals surface area contributed by atoms with Crippen LogP contribution < -0.4 is 0 Å². The van der Waals surface area contributed by atoms with Gasteiger partial charge in [-0.05, 0) is 19.3 Å². The van der Waals surface area contributed by atoms with Gasteiger partial charge in [0.05, 0.1) is 0 Å². The molecule has 1 aliphatic rings. The van der Waals surface area contributed by atoms with Crippen LogP contribution in [0.15, 0.2) is 0 Å². The molecule has 0 bridgehead atoms. The van der Waals surface area contributed by atoms with E-state index in [1.165, 1.54) is 19.3 Å². The van der Waals surface area contributed by atoms with Gasteiger partial charge in [-0.1, -0.05) is 0 Å². The van der Waals surface area contributed by atoms with E-state index in [1.54, 1.807) is 0 Å². The largest absolute Gasteiger partial charge is 0.343 e. The molecule has 10 heavy (non-hydrogen) atoms. The van der Waals surface area contributed by atoms with Crippen molar-refractivity contribution in [3.8, 4) is 0 Å². The van der Waals surface area contributed by atoms with Crippen LogP contribution in [0.3, 0.4) is 0 Å². The summed E-state index contributed by atoms with van der Waals surface area (Å²) in [5.41, 5.74) is 0. The van der Waals surface area contributed by atoms with Gasteiger partial charge >= 0.3 is 0 Å². The number of piperidine rings is 1. The van der Waals surface area contributed by atoms with Crippen LogP contribution in [0.1, 0.15) is 19.3 Å². The molecule has 1 saturated heterocycles. The number of hydrogen-bond acceptors (Lipinski definition) is 1. The fourth-order valence-electron chi connectivity index (χ4n) is 1.37. The smallest absolute Gasteiger partial charge is 0.218 e. The fourth-order valence-corrected chi connectivity index (χ4v) is 1.81. The van der Waals surface area contributed by atoms with E-state index in [9.17, 15) is 4.79 Å². The lowest BCUT2D eigenvalue weighted by Gasteiger charge is -2.26. The molecule has 0 radical (unpaired) electrons. The van der Waals surface area contributed by atoms with Gasteiger partial charge in [0.25, 0.3) is 0 Å². The molecule has 2 nitrogen and oxygen atoms in total. The fraction of sp³-hybridized carbons (Fsp3) is 0.857. The highest BCUT2D eigenvalue weighted by atomic mass is 28.1. The second-order valence-corrected chi connectivity index (χ2v) is 3.50. The van der Waals surface area contributed by atoms with Gasteiger partial charge in [-0.3, -0.25) is 4.79 Å². The SMILES string of the molecule is O=C(C[SiH3])N1CCCCC1. The van der Waals surface area contributed by atoms with Gasteiger partial charge in [0, 0.05) is 29.4 Å². The van der Waals surface area contributed by atoms with Gasteiger partial charge < -0.3 is 4.90 Å². The Balaban J connectivity index is 2.31. The highest BCUT2D eigenvalue weighted by molar-refractivity contribution is 6.19. The van der Waals surface area contributed by atoms with Crippen molar-refractivity contribution in [1.29, 1.82) is 0 Å². The zero-order chi connectivity index (χ0) is 7.40. The maximum absolute atomic E-state index is 11.1. The summed E-state index contributed by atoms with van der Waals surface area (Å²) in [5.74, 6) is 0.381. The molecule has 1 fully saturated rings. The van der Waals surface area contributed by atoms with Crippen molar-refractivity contribution in [3.63, 3.8) is 0 Å². The van der Waals surface area contributed by atoms with Crippen LogP contribution in [0.2, 0.25) is 6.04 Å². The molecular weight excluding hydrogens is 142 g/mol. The highest BCUT2D eigenvalue weighted by Crippen LogP contribution is 2.08. The van der Waals surface area contributed by atoms with Crippen LogP contribution >= 0.6 is 0 Å². The molecule has 1 heterocycles. The van der Waals surface area contributed by atoms with Gasteiger partial charge in [-0.25, -0.2) is 0 Å². The first-order valence-corrected chi connectivity index (χ1v) is 5.54. The second-order valence-electron chi connectivity index (χ2n) is 2.80. The summed E-state index contributed by atoms with van der Waals surface area (Å²) >= 11 is 0. The van der Waals surface area contributed by atoms with Crippen molar-refractivity contribution >= 4 is 16.1 Å². The van der Waals surface area contributed by atoms with Crippen LogP contribution in [0.4, 0.5) is 0 Å². The lowest BCUT2D eigenvalue weighted by atomic mass is 10.1. The number of likely N-dealkylation sites (tertiary alicyclic amines) is 1. The van der Waals surface area contributed by atoms with Crippen molar-refractivity contribution in [2.75, 3.05) is 13.1 Å². The minimum Gasteiger partial charge on any atom is -0.343 e. The molecule has 3 heteroatoms. The monoisotopic (exact) mass is 157 g/mol. The van der Waals surface area contributed by atoms with Crippen LogP contribution in [0, 0.1) is 0 Å². The number of carbonyl (C=O) groups excluding carboxylic acids is 1. The Kier molecular flexibility index (Phi) is 2.93. The minimum absolute atomic E-state index is 0.381. The number of amides is 1.